The molecular weight excluding hydrogens is 512 g/mol. The summed E-state index contributed by atoms with van der Waals surface area (Å²) in [6.07, 6.45) is 0.695. The molecule has 9 heteroatoms. The second kappa shape index (κ2) is 13.2. The molecule has 0 bridgehead atoms. The van der Waals surface area contributed by atoms with Crippen molar-refractivity contribution < 1.29 is 38.5 Å². The summed E-state index contributed by atoms with van der Waals surface area (Å²) >= 11 is 0. The molecule has 40 heavy (non-hydrogen) atoms. The highest BCUT2D eigenvalue weighted by atomic mass is 16.5. The molecule has 216 valence electrons. The van der Waals surface area contributed by atoms with Crippen molar-refractivity contribution in [1.29, 1.82) is 0 Å². The zero-order valence-corrected chi connectivity index (χ0v) is 24.1. The van der Waals surface area contributed by atoms with E-state index in [9.17, 15) is 14.7 Å². The summed E-state index contributed by atoms with van der Waals surface area (Å²) in [5.41, 5.74) is 1.63. The van der Waals surface area contributed by atoms with Gasteiger partial charge in [0, 0.05) is 18.5 Å². The van der Waals surface area contributed by atoms with Crippen molar-refractivity contribution in [1.82, 2.24) is 4.90 Å². The fourth-order valence-corrected chi connectivity index (χ4v) is 5.27. The molecule has 0 radical (unpaired) electrons. The van der Waals surface area contributed by atoms with Crippen LogP contribution in [0.5, 0.6) is 17.2 Å². The van der Waals surface area contributed by atoms with E-state index in [-0.39, 0.29) is 5.57 Å². The minimum atomic E-state index is -0.830. The number of likely N-dealkylation sites (tertiary alicyclic amines) is 1. The van der Waals surface area contributed by atoms with Crippen LogP contribution >= 0.6 is 0 Å². The van der Waals surface area contributed by atoms with Gasteiger partial charge in [-0.25, -0.2) is 0 Å². The third kappa shape index (κ3) is 6.42. The first-order valence-electron chi connectivity index (χ1n) is 13.9. The highest BCUT2D eigenvalue weighted by Gasteiger charge is 2.44. The van der Waals surface area contributed by atoms with Gasteiger partial charge in [0.15, 0.2) is 11.5 Å². The number of Topliss-reactive ketones (excluding diaryl/α,β-unsaturated/α-hetero) is 1. The number of methoxy groups -OCH3 is 2. The normalized spacial score (nSPS) is 19.4. The SMILES string of the molecule is COc1ccc(C2C(=C([O-])c3ccc(OCC(C)C)cc3C)C(=O)C(=O)N2CCC[NH+]2CCOCC2)cc1OC. The van der Waals surface area contributed by atoms with Crippen LogP contribution in [0.4, 0.5) is 0 Å². The molecule has 0 spiro atoms. The van der Waals surface area contributed by atoms with Gasteiger partial charge in [0.25, 0.3) is 5.91 Å². The lowest BCUT2D eigenvalue weighted by atomic mass is 9.93. The largest absolute Gasteiger partial charge is 0.872 e. The fourth-order valence-electron chi connectivity index (χ4n) is 5.27. The summed E-state index contributed by atoms with van der Waals surface area (Å²) in [5.74, 6) is 0.122. The summed E-state index contributed by atoms with van der Waals surface area (Å²) < 4.78 is 22.2. The number of ketones is 1. The van der Waals surface area contributed by atoms with Gasteiger partial charge in [-0.05, 0) is 53.8 Å². The van der Waals surface area contributed by atoms with E-state index < -0.39 is 23.5 Å². The van der Waals surface area contributed by atoms with Crippen LogP contribution in [0.2, 0.25) is 0 Å². The second-order valence-electron chi connectivity index (χ2n) is 10.7. The predicted molar refractivity (Wildman–Crippen MR) is 148 cm³/mol. The molecule has 2 aromatic carbocycles. The molecule has 1 amide bonds. The molecule has 0 saturated carbocycles. The Balaban J connectivity index is 1.72. The van der Waals surface area contributed by atoms with E-state index in [2.05, 4.69) is 13.8 Å². The number of aryl methyl sites for hydroxylation is 1. The number of carbonyl (C=O) groups excluding carboxylic acids is 2. The van der Waals surface area contributed by atoms with E-state index in [1.54, 1.807) is 43.5 Å². The van der Waals surface area contributed by atoms with Crippen molar-refractivity contribution in [2.24, 2.45) is 5.92 Å². The standard InChI is InChI=1S/C31H40N2O7/c1-20(2)19-40-23-8-9-24(21(3)17-23)29(34)27-28(22-7-10-25(37-4)26(18-22)38-5)33(31(36)30(27)35)12-6-11-32-13-15-39-16-14-32/h7-10,17-18,20,28,34H,6,11-16,19H2,1-5H3. The summed E-state index contributed by atoms with van der Waals surface area (Å²) in [4.78, 5) is 29.8. The smallest absolute Gasteiger partial charge is 0.295 e. The van der Waals surface area contributed by atoms with E-state index in [0.29, 0.717) is 59.4 Å². The van der Waals surface area contributed by atoms with Gasteiger partial charge in [-0.3, -0.25) is 9.59 Å². The third-order valence-corrected chi connectivity index (χ3v) is 7.41. The van der Waals surface area contributed by atoms with Crippen molar-refractivity contribution in [3.63, 3.8) is 0 Å². The van der Waals surface area contributed by atoms with Crippen LogP contribution in [0.25, 0.3) is 5.76 Å². The summed E-state index contributed by atoms with van der Waals surface area (Å²) in [7, 11) is 3.07. The first-order valence-corrected chi connectivity index (χ1v) is 13.9. The lowest BCUT2D eigenvalue weighted by Gasteiger charge is -2.29. The van der Waals surface area contributed by atoms with Gasteiger partial charge in [-0.15, -0.1) is 0 Å². The minimum Gasteiger partial charge on any atom is -0.872 e. The number of morpholine rings is 1. The Morgan fingerprint density at radius 2 is 1.80 bits per heavy atom. The lowest BCUT2D eigenvalue weighted by Crippen LogP contribution is -3.14. The molecule has 2 aromatic rings. The second-order valence-corrected chi connectivity index (χ2v) is 10.7. The van der Waals surface area contributed by atoms with Crippen LogP contribution in [0.1, 0.15) is 43.0 Å². The van der Waals surface area contributed by atoms with Gasteiger partial charge >= 0.3 is 0 Å². The maximum absolute atomic E-state index is 14.0. The summed E-state index contributed by atoms with van der Waals surface area (Å²) in [5, 5.41) is 14.0. The average Bonchev–Trinajstić information content (AvgIpc) is 3.21. The number of hydrogen-bond acceptors (Lipinski definition) is 7. The average molecular weight is 553 g/mol. The van der Waals surface area contributed by atoms with E-state index in [4.69, 9.17) is 18.9 Å². The maximum Gasteiger partial charge on any atom is 0.295 e. The zero-order valence-electron chi connectivity index (χ0n) is 24.1. The molecule has 1 N–H and O–H groups in total. The van der Waals surface area contributed by atoms with Crippen molar-refractivity contribution in [2.75, 3.05) is 60.2 Å². The molecular formula is C31H40N2O7. The lowest BCUT2D eigenvalue weighted by molar-refractivity contribution is -0.908. The molecule has 1 unspecified atom stereocenters. The van der Waals surface area contributed by atoms with Crippen LogP contribution in [-0.2, 0) is 14.3 Å². The number of nitrogens with zero attached hydrogens (tertiary/aromatic N) is 1. The number of benzene rings is 2. The number of rotatable bonds is 11. The molecule has 2 fully saturated rings. The maximum atomic E-state index is 14.0. The highest BCUT2D eigenvalue weighted by Crippen LogP contribution is 2.42. The summed E-state index contributed by atoms with van der Waals surface area (Å²) in [6.45, 7) is 11.0. The van der Waals surface area contributed by atoms with Crippen molar-refractivity contribution >= 4 is 17.4 Å². The molecule has 2 aliphatic rings. The number of ether oxygens (including phenoxy) is 4. The van der Waals surface area contributed by atoms with E-state index in [1.165, 1.54) is 16.9 Å². The molecule has 2 saturated heterocycles. The Morgan fingerprint density at radius 1 is 1.07 bits per heavy atom. The topological polar surface area (TPSA) is 102 Å². The number of amides is 1. The van der Waals surface area contributed by atoms with Crippen LogP contribution in [0.15, 0.2) is 42.0 Å². The minimum absolute atomic E-state index is 0.0464. The van der Waals surface area contributed by atoms with E-state index in [1.807, 2.05) is 6.92 Å². The molecule has 2 aliphatic heterocycles. The Bertz CT molecular complexity index is 1250. The monoisotopic (exact) mass is 552 g/mol. The van der Waals surface area contributed by atoms with Gasteiger partial charge in [0.05, 0.1) is 46.6 Å². The number of quaternary nitrogens is 1. The summed E-state index contributed by atoms with van der Waals surface area (Å²) in [6, 6.07) is 9.62. The Hall–Kier alpha value is -3.56. The first kappa shape index (κ1) is 29.4. The first-order chi connectivity index (χ1) is 19.2. The van der Waals surface area contributed by atoms with Crippen molar-refractivity contribution in [2.45, 2.75) is 33.2 Å². The fraction of sp³-hybridized carbons (Fsp3) is 0.484. The van der Waals surface area contributed by atoms with Gasteiger partial charge < -0.3 is 33.9 Å². The molecule has 0 aliphatic carbocycles. The quantitative estimate of drug-likeness (QED) is 0.257. The van der Waals surface area contributed by atoms with Crippen molar-refractivity contribution in [3.8, 4) is 17.2 Å². The third-order valence-electron chi connectivity index (χ3n) is 7.41. The van der Waals surface area contributed by atoms with Crippen molar-refractivity contribution in [3.05, 3.63) is 58.7 Å². The molecule has 0 aromatic heterocycles. The zero-order chi connectivity index (χ0) is 28.8. The van der Waals surface area contributed by atoms with Gasteiger partial charge in [0.1, 0.15) is 18.8 Å². The van der Waals surface area contributed by atoms with Crippen LogP contribution < -0.4 is 24.2 Å². The van der Waals surface area contributed by atoms with Crippen LogP contribution in [0, 0.1) is 12.8 Å². The molecule has 4 rings (SSSR count). The number of hydrogen-bond donors (Lipinski definition) is 1. The Kier molecular flexibility index (Phi) is 9.71. The van der Waals surface area contributed by atoms with Crippen LogP contribution in [0.3, 0.4) is 0 Å². The molecule has 1 atom stereocenters. The van der Waals surface area contributed by atoms with Gasteiger partial charge in [-0.2, -0.15) is 0 Å². The van der Waals surface area contributed by atoms with Crippen LogP contribution in [-0.4, -0.2) is 76.8 Å². The van der Waals surface area contributed by atoms with E-state index >= 15 is 0 Å². The predicted octanol–water partition coefficient (Wildman–Crippen LogP) is 1.58. The number of nitrogens with one attached hydrogen (secondary N) is 1. The molecule has 2 heterocycles. The van der Waals surface area contributed by atoms with E-state index in [0.717, 1.165) is 32.8 Å². The molecule has 9 nitrogen and oxygen atoms in total. The highest BCUT2D eigenvalue weighted by molar-refractivity contribution is 6.46. The van der Waals surface area contributed by atoms with Gasteiger partial charge in [-0.1, -0.05) is 31.7 Å². The number of carbonyl (C=O) groups is 2. The Labute approximate surface area is 236 Å². The van der Waals surface area contributed by atoms with Gasteiger partial charge in [0.2, 0.25) is 5.78 Å². The Morgan fingerprint density at radius 3 is 2.45 bits per heavy atom.